The molecule has 0 N–H and O–H groups in total. The second kappa shape index (κ2) is 15.9. The molecule has 0 radical (unpaired) electrons. The van der Waals surface area contributed by atoms with E-state index >= 15 is 0 Å². The molecule has 8 aromatic rings. The number of pyridine rings is 4. The van der Waals surface area contributed by atoms with E-state index in [0.29, 0.717) is 0 Å². The first-order chi connectivity index (χ1) is 25.7. The van der Waals surface area contributed by atoms with Gasteiger partial charge in [-0.15, -0.1) is 0 Å². The van der Waals surface area contributed by atoms with Crippen LogP contribution in [0.2, 0.25) is 0 Å². The van der Waals surface area contributed by atoms with Crippen LogP contribution in [0.3, 0.4) is 0 Å². The molecular formula is C46H40N6. The molecule has 0 atom stereocenters. The maximum absolute atomic E-state index is 4.64. The van der Waals surface area contributed by atoms with Gasteiger partial charge in [0.25, 0.3) is 0 Å². The standard InChI is InChI=1S/C46H40N6/c1-5-23-47-41(15-1)31-51(32-42-16-2-6-24-48-42)29-39-13-9-11-35-19-21-37(27-45(35)39)38-22-20-36-12-10-14-40(46(36)28-38)30-52(33-43-17-3-7-25-49-43)34-44-18-4-8-26-50-44/h1-28H,29-34H2. The van der Waals surface area contributed by atoms with Crippen LogP contribution in [0.15, 0.2) is 170 Å². The molecule has 0 spiro atoms. The third-order valence-electron chi connectivity index (χ3n) is 9.51. The number of rotatable bonds is 13. The molecule has 254 valence electrons. The Balaban J connectivity index is 1.11. The third kappa shape index (κ3) is 8.10. The molecule has 0 unspecified atom stereocenters. The van der Waals surface area contributed by atoms with E-state index in [0.717, 1.165) is 62.0 Å². The Kier molecular flexibility index (Phi) is 10.1. The Morgan fingerprint density at radius 2 is 0.692 bits per heavy atom. The number of fused-ring (bicyclic) bond motifs is 2. The first-order valence-electron chi connectivity index (χ1n) is 17.8. The lowest BCUT2D eigenvalue weighted by molar-refractivity contribution is 0.242. The molecule has 0 aliphatic heterocycles. The van der Waals surface area contributed by atoms with Crippen LogP contribution in [0, 0.1) is 0 Å². The van der Waals surface area contributed by atoms with Crippen LogP contribution in [0.5, 0.6) is 0 Å². The van der Waals surface area contributed by atoms with Crippen molar-refractivity contribution in [3.8, 4) is 11.1 Å². The zero-order valence-corrected chi connectivity index (χ0v) is 29.1. The fraction of sp³-hybridized carbons (Fsp3) is 0.130. The van der Waals surface area contributed by atoms with E-state index in [2.05, 4.69) is 151 Å². The smallest absolute Gasteiger partial charge is 0.0544 e. The first-order valence-corrected chi connectivity index (χ1v) is 17.8. The van der Waals surface area contributed by atoms with Crippen molar-refractivity contribution in [1.29, 1.82) is 0 Å². The molecule has 0 aliphatic rings. The minimum absolute atomic E-state index is 0.735. The van der Waals surface area contributed by atoms with Crippen LogP contribution in [0.25, 0.3) is 32.7 Å². The van der Waals surface area contributed by atoms with Gasteiger partial charge in [0.2, 0.25) is 0 Å². The van der Waals surface area contributed by atoms with E-state index in [4.69, 9.17) is 0 Å². The molecule has 0 saturated heterocycles. The lowest BCUT2D eigenvalue weighted by atomic mass is 9.95. The van der Waals surface area contributed by atoms with Crippen LogP contribution in [-0.4, -0.2) is 29.7 Å². The van der Waals surface area contributed by atoms with Gasteiger partial charge in [0, 0.05) is 64.1 Å². The number of hydrogen-bond acceptors (Lipinski definition) is 6. The quantitative estimate of drug-likeness (QED) is 0.121. The topological polar surface area (TPSA) is 58.0 Å². The summed E-state index contributed by atoms with van der Waals surface area (Å²) in [6.45, 7) is 4.49. The number of benzene rings is 4. The van der Waals surface area contributed by atoms with Gasteiger partial charge in [-0.2, -0.15) is 0 Å². The molecule has 0 bridgehead atoms. The molecule has 0 amide bonds. The fourth-order valence-electron chi connectivity index (χ4n) is 7.01. The van der Waals surface area contributed by atoms with E-state index < -0.39 is 0 Å². The zero-order valence-electron chi connectivity index (χ0n) is 29.1. The van der Waals surface area contributed by atoms with E-state index in [9.17, 15) is 0 Å². The summed E-state index contributed by atoms with van der Waals surface area (Å²) in [6.07, 6.45) is 7.47. The normalized spacial score (nSPS) is 11.5. The minimum atomic E-state index is 0.735. The average molecular weight is 677 g/mol. The van der Waals surface area contributed by atoms with Gasteiger partial charge in [-0.05, 0) is 104 Å². The van der Waals surface area contributed by atoms with Gasteiger partial charge in [-0.25, -0.2) is 0 Å². The van der Waals surface area contributed by atoms with Crippen LogP contribution in [0.1, 0.15) is 33.9 Å². The summed E-state index contributed by atoms with van der Waals surface area (Å²) >= 11 is 0. The molecule has 52 heavy (non-hydrogen) atoms. The number of aromatic nitrogens is 4. The minimum Gasteiger partial charge on any atom is -0.287 e. The lowest BCUT2D eigenvalue weighted by Gasteiger charge is -2.23. The van der Waals surface area contributed by atoms with E-state index in [-0.39, 0.29) is 0 Å². The molecule has 8 rings (SSSR count). The molecule has 6 heteroatoms. The maximum atomic E-state index is 4.64. The van der Waals surface area contributed by atoms with Crippen molar-refractivity contribution in [1.82, 2.24) is 29.7 Å². The van der Waals surface area contributed by atoms with Crippen molar-refractivity contribution < 1.29 is 0 Å². The maximum Gasteiger partial charge on any atom is 0.0544 e. The summed E-state index contributed by atoms with van der Waals surface area (Å²) in [6, 6.07) is 51.5. The first kappa shape index (κ1) is 33.1. The molecule has 4 heterocycles. The summed E-state index contributed by atoms with van der Waals surface area (Å²) < 4.78 is 0. The largest absolute Gasteiger partial charge is 0.287 e. The van der Waals surface area contributed by atoms with Crippen LogP contribution >= 0.6 is 0 Å². The molecule has 0 fully saturated rings. The fourth-order valence-corrected chi connectivity index (χ4v) is 7.01. The molecule has 0 saturated carbocycles. The van der Waals surface area contributed by atoms with Crippen molar-refractivity contribution in [2.24, 2.45) is 0 Å². The van der Waals surface area contributed by atoms with Gasteiger partial charge in [-0.1, -0.05) is 84.9 Å². The monoisotopic (exact) mass is 676 g/mol. The number of hydrogen-bond donors (Lipinski definition) is 0. The van der Waals surface area contributed by atoms with Crippen molar-refractivity contribution in [2.75, 3.05) is 0 Å². The molecule has 0 aliphatic carbocycles. The second-order valence-electron chi connectivity index (χ2n) is 13.3. The highest BCUT2D eigenvalue weighted by Crippen LogP contribution is 2.32. The zero-order chi connectivity index (χ0) is 35.0. The van der Waals surface area contributed by atoms with Crippen molar-refractivity contribution >= 4 is 21.5 Å². The number of nitrogens with zero attached hydrogens (tertiary/aromatic N) is 6. The van der Waals surface area contributed by atoms with Crippen molar-refractivity contribution in [3.05, 3.63) is 204 Å². The lowest BCUT2D eigenvalue weighted by Crippen LogP contribution is -2.23. The summed E-state index contributed by atoms with van der Waals surface area (Å²) in [5.41, 5.74) is 9.16. The summed E-state index contributed by atoms with van der Waals surface area (Å²) in [7, 11) is 0. The van der Waals surface area contributed by atoms with Crippen LogP contribution < -0.4 is 0 Å². The molecular weight excluding hydrogens is 637 g/mol. The van der Waals surface area contributed by atoms with Gasteiger partial charge in [0.05, 0.1) is 22.8 Å². The van der Waals surface area contributed by atoms with Crippen molar-refractivity contribution in [2.45, 2.75) is 39.3 Å². The molecule has 6 nitrogen and oxygen atoms in total. The highest BCUT2D eigenvalue weighted by molar-refractivity contribution is 5.93. The SMILES string of the molecule is c1ccc(CN(Cc2ccccn2)Cc2cccc3ccc(-c4ccc5cccc(CN(Cc6ccccn6)Cc6ccccn6)c5c4)cc23)nc1. The predicted molar refractivity (Wildman–Crippen MR) is 210 cm³/mol. The third-order valence-corrected chi connectivity index (χ3v) is 9.51. The Bertz CT molecular complexity index is 2110. The molecule has 4 aromatic heterocycles. The summed E-state index contributed by atoms with van der Waals surface area (Å²) in [5, 5.41) is 4.99. The Morgan fingerprint density at radius 3 is 1.02 bits per heavy atom. The van der Waals surface area contributed by atoms with E-state index in [1.54, 1.807) is 0 Å². The van der Waals surface area contributed by atoms with Crippen molar-refractivity contribution in [3.63, 3.8) is 0 Å². The average Bonchev–Trinajstić information content (AvgIpc) is 3.19. The van der Waals surface area contributed by atoms with Crippen LogP contribution in [0.4, 0.5) is 0 Å². The highest BCUT2D eigenvalue weighted by Gasteiger charge is 2.15. The van der Waals surface area contributed by atoms with Gasteiger partial charge in [-0.3, -0.25) is 29.7 Å². The Labute approximate surface area is 305 Å². The van der Waals surface area contributed by atoms with E-state index in [1.165, 1.54) is 43.8 Å². The Hall–Kier alpha value is -6.08. The summed E-state index contributed by atoms with van der Waals surface area (Å²) in [4.78, 5) is 23.4. The van der Waals surface area contributed by atoms with Gasteiger partial charge in [0.15, 0.2) is 0 Å². The van der Waals surface area contributed by atoms with Gasteiger partial charge < -0.3 is 0 Å². The van der Waals surface area contributed by atoms with E-state index in [1.807, 2.05) is 49.1 Å². The van der Waals surface area contributed by atoms with Gasteiger partial charge >= 0.3 is 0 Å². The highest BCUT2D eigenvalue weighted by atomic mass is 15.1. The predicted octanol–water partition coefficient (Wildman–Crippen LogP) is 9.64. The van der Waals surface area contributed by atoms with Gasteiger partial charge in [0.1, 0.15) is 0 Å². The second-order valence-corrected chi connectivity index (χ2v) is 13.3. The summed E-state index contributed by atoms with van der Waals surface area (Å²) in [5.74, 6) is 0. The van der Waals surface area contributed by atoms with Crippen LogP contribution in [-0.2, 0) is 39.3 Å². The molecule has 4 aromatic carbocycles. The Morgan fingerprint density at radius 1 is 0.327 bits per heavy atom.